The molecule has 3 fully saturated rings. The van der Waals surface area contributed by atoms with Gasteiger partial charge in [-0.15, -0.1) is 0 Å². The minimum Gasteiger partial charge on any atom is -0.393 e. The monoisotopic (exact) mass is 210 g/mol. The minimum atomic E-state index is -0.804. The standard InChI is InChI=1S/C9H6O6/c10-6-2-1-3-5(9(13)14-6)4(2)8(12)15-7(3)11/h2-5H,1H2/t2-,3-,4-,5-/m1/s1. The first kappa shape index (κ1) is 8.58. The second kappa shape index (κ2) is 2.44. The van der Waals surface area contributed by atoms with Crippen LogP contribution in [0.15, 0.2) is 0 Å². The van der Waals surface area contributed by atoms with E-state index in [1.165, 1.54) is 0 Å². The number of rotatable bonds is 0. The van der Waals surface area contributed by atoms with Gasteiger partial charge in [0.15, 0.2) is 0 Å². The normalized spacial score (nSPS) is 42.7. The van der Waals surface area contributed by atoms with Crippen LogP contribution in [0.25, 0.3) is 0 Å². The average Bonchev–Trinajstić information content (AvgIpc) is 2.43. The lowest BCUT2D eigenvalue weighted by Gasteiger charge is -2.29. The second-order valence-corrected chi connectivity index (χ2v) is 3.98. The Kier molecular flexibility index (Phi) is 1.40. The van der Waals surface area contributed by atoms with Crippen molar-refractivity contribution in [1.82, 2.24) is 0 Å². The molecule has 0 radical (unpaired) electrons. The maximum absolute atomic E-state index is 11.4. The van der Waals surface area contributed by atoms with Crippen LogP contribution < -0.4 is 0 Å². The molecular formula is C9H6O6. The fourth-order valence-corrected chi connectivity index (χ4v) is 2.66. The largest absolute Gasteiger partial charge is 0.393 e. The van der Waals surface area contributed by atoms with Gasteiger partial charge in [-0.25, -0.2) is 0 Å². The predicted molar refractivity (Wildman–Crippen MR) is 40.8 cm³/mol. The fourth-order valence-electron chi connectivity index (χ4n) is 2.66. The third-order valence-electron chi connectivity index (χ3n) is 3.31. The summed E-state index contributed by atoms with van der Waals surface area (Å²) in [5.74, 6) is -5.94. The quantitative estimate of drug-likeness (QED) is 0.377. The highest BCUT2D eigenvalue weighted by molar-refractivity contribution is 6.05. The van der Waals surface area contributed by atoms with E-state index in [1.807, 2.05) is 0 Å². The lowest BCUT2D eigenvalue weighted by molar-refractivity contribution is -0.189. The molecule has 0 aromatic carbocycles. The van der Waals surface area contributed by atoms with Crippen molar-refractivity contribution < 1.29 is 28.7 Å². The third kappa shape index (κ3) is 0.886. The van der Waals surface area contributed by atoms with Gasteiger partial charge < -0.3 is 9.47 Å². The molecule has 6 heteroatoms. The summed E-state index contributed by atoms with van der Waals surface area (Å²) in [6.45, 7) is 0. The van der Waals surface area contributed by atoms with Gasteiger partial charge in [0.2, 0.25) is 0 Å². The zero-order valence-electron chi connectivity index (χ0n) is 7.47. The molecule has 78 valence electrons. The topological polar surface area (TPSA) is 86.7 Å². The van der Waals surface area contributed by atoms with E-state index < -0.39 is 47.5 Å². The summed E-state index contributed by atoms with van der Waals surface area (Å²) in [4.78, 5) is 45.3. The highest BCUT2D eigenvalue weighted by atomic mass is 16.6. The van der Waals surface area contributed by atoms with Gasteiger partial charge in [0.05, 0.1) is 23.7 Å². The van der Waals surface area contributed by atoms with Crippen molar-refractivity contribution in [1.29, 1.82) is 0 Å². The van der Waals surface area contributed by atoms with Gasteiger partial charge in [0.1, 0.15) is 0 Å². The van der Waals surface area contributed by atoms with Crippen LogP contribution in [0.1, 0.15) is 6.42 Å². The number of hydrogen-bond donors (Lipinski definition) is 0. The van der Waals surface area contributed by atoms with Crippen molar-refractivity contribution in [2.45, 2.75) is 6.42 Å². The number of cyclic esters (lactones) is 4. The van der Waals surface area contributed by atoms with Crippen LogP contribution in [0.3, 0.4) is 0 Å². The summed E-state index contributed by atoms with van der Waals surface area (Å²) in [7, 11) is 0. The summed E-state index contributed by atoms with van der Waals surface area (Å²) >= 11 is 0. The van der Waals surface area contributed by atoms with Gasteiger partial charge in [-0.1, -0.05) is 0 Å². The molecule has 15 heavy (non-hydrogen) atoms. The molecule has 6 nitrogen and oxygen atoms in total. The van der Waals surface area contributed by atoms with Crippen molar-refractivity contribution in [2.75, 3.05) is 0 Å². The summed E-state index contributed by atoms with van der Waals surface area (Å²) in [6.07, 6.45) is 0.185. The molecule has 0 N–H and O–H groups in total. The Morgan fingerprint density at radius 2 is 1.13 bits per heavy atom. The summed E-state index contributed by atoms with van der Waals surface area (Å²) in [5, 5.41) is 0. The van der Waals surface area contributed by atoms with Crippen LogP contribution in [0.5, 0.6) is 0 Å². The van der Waals surface area contributed by atoms with E-state index in [-0.39, 0.29) is 6.42 Å². The van der Waals surface area contributed by atoms with E-state index in [0.29, 0.717) is 0 Å². The lowest BCUT2D eigenvalue weighted by Crippen LogP contribution is -2.47. The Balaban J connectivity index is 2.12. The molecule has 0 spiro atoms. The van der Waals surface area contributed by atoms with Crippen LogP contribution in [0.4, 0.5) is 0 Å². The molecule has 1 saturated carbocycles. The number of carbonyl (C=O) groups excluding carboxylic acids is 4. The Morgan fingerprint density at radius 1 is 0.733 bits per heavy atom. The number of esters is 4. The van der Waals surface area contributed by atoms with Gasteiger partial charge in [0, 0.05) is 0 Å². The molecule has 0 aromatic rings. The first-order valence-corrected chi connectivity index (χ1v) is 4.60. The van der Waals surface area contributed by atoms with Gasteiger partial charge in [0.25, 0.3) is 0 Å². The molecule has 0 aromatic heterocycles. The molecular weight excluding hydrogens is 204 g/mol. The Labute approximate surface area is 83.5 Å². The van der Waals surface area contributed by atoms with Crippen LogP contribution in [0.2, 0.25) is 0 Å². The number of hydrogen-bond acceptors (Lipinski definition) is 6. The van der Waals surface area contributed by atoms with Gasteiger partial charge in [-0.3, -0.25) is 19.2 Å². The lowest BCUT2D eigenvalue weighted by atomic mass is 9.83. The molecule has 4 bridgehead atoms. The fraction of sp³-hybridized carbons (Fsp3) is 0.556. The summed E-state index contributed by atoms with van der Waals surface area (Å²) < 4.78 is 8.94. The molecule has 4 atom stereocenters. The minimum absolute atomic E-state index is 0.185. The first-order valence-electron chi connectivity index (χ1n) is 4.60. The van der Waals surface area contributed by atoms with Crippen LogP contribution >= 0.6 is 0 Å². The zero-order chi connectivity index (χ0) is 10.7. The highest BCUT2D eigenvalue weighted by Crippen LogP contribution is 2.49. The van der Waals surface area contributed by atoms with Gasteiger partial charge in [-0.05, 0) is 6.42 Å². The van der Waals surface area contributed by atoms with Crippen molar-refractivity contribution in [3.8, 4) is 0 Å². The van der Waals surface area contributed by atoms with E-state index in [9.17, 15) is 19.2 Å². The highest BCUT2D eigenvalue weighted by Gasteiger charge is 2.64. The average molecular weight is 210 g/mol. The first-order chi connectivity index (χ1) is 7.09. The second-order valence-electron chi connectivity index (χ2n) is 3.98. The Morgan fingerprint density at radius 3 is 1.53 bits per heavy atom. The smallest absolute Gasteiger partial charge is 0.318 e. The molecule has 2 heterocycles. The SMILES string of the molecule is O=C1OC(=O)[C@@H]2C[C@H]3C(=O)OC(=O)[C@H]2[C@H]13. The number of ether oxygens (including phenoxy) is 2. The van der Waals surface area contributed by atoms with Crippen molar-refractivity contribution in [3.05, 3.63) is 0 Å². The van der Waals surface area contributed by atoms with E-state index >= 15 is 0 Å². The molecule has 0 unspecified atom stereocenters. The molecule has 2 aliphatic heterocycles. The van der Waals surface area contributed by atoms with Gasteiger partial charge in [-0.2, -0.15) is 0 Å². The van der Waals surface area contributed by atoms with Crippen molar-refractivity contribution >= 4 is 23.9 Å². The predicted octanol–water partition coefficient (Wildman–Crippen LogP) is -0.978. The Hall–Kier alpha value is -1.72. The molecule has 0 amide bonds. The van der Waals surface area contributed by atoms with Crippen molar-refractivity contribution in [2.24, 2.45) is 23.7 Å². The summed E-state index contributed by atoms with van der Waals surface area (Å²) in [5.41, 5.74) is 0. The van der Waals surface area contributed by atoms with E-state index in [4.69, 9.17) is 0 Å². The van der Waals surface area contributed by atoms with E-state index in [2.05, 4.69) is 9.47 Å². The maximum Gasteiger partial charge on any atom is 0.318 e. The van der Waals surface area contributed by atoms with Crippen molar-refractivity contribution in [3.63, 3.8) is 0 Å². The molecule has 3 aliphatic rings. The maximum atomic E-state index is 11.4. The van der Waals surface area contributed by atoms with Crippen LogP contribution in [0, 0.1) is 23.7 Å². The van der Waals surface area contributed by atoms with E-state index in [0.717, 1.165) is 0 Å². The molecule has 3 rings (SSSR count). The third-order valence-corrected chi connectivity index (χ3v) is 3.31. The summed E-state index contributed by atoms with van der Waals surface area (Å²) in [6, 6.07) is 0. The van der Waals surface area contributed by atoms with Crippen LogP contribution in [-0.2, 0) is 28.7 Å². The zero-order valence-corrected chi connectivity index (χ0v) is 7.47. The van der Waals surface area contributed by atoms with E-state index in [1.54, 1.807) is 0 Å². The number of carbonyl (C=O) groups is 4. The Bertz CT molecular complexity index is 373. The molecule has 1 aliphatic carbocycles. The van der Waals surface area contributed by atoms with Gasteiger partial charge >= 0.3 is 23.9 Å². The van der Waals surface area contributed by atoms with Crippen LogP contribution in [-0.4, -0.2) is 23.9 Å². The molecule has 2 saturated heterocycles.